The topological polar surface area (TPSA) is 59.1 Å². The molecular formula is C21H22N2O4. The van der Waals surface area contributed by atoms with Gasteiger partial charge in [-0.2, -0.15) is 0 Å². The van der Waals surface area contributed by atoms with E-state index in [2.05, 4.69) is 0 Å². The van der Waals surface area contributed by atoms with Gasteiger partial charge in [0, 0.05) is 19.5 Å². The fourth-order valence-electron chi connectivity index (χ4n) is 3.51. The molecule has 1 saturated heterocycles. The molecule has 0 aliphatic carbocycles. The Morgan fingerprint density at radius 3 is 2.70 bits per heavy atom. The van der Waals surface area contributed by atoms with Gasteiger partial charge in [-0.15, -0.1) is 0 Å². The number of benzene rings is 2. The van der Waals surface area contributed by atoms with Crippen LogP contribution in [-0.4, -0.2) is 49.6 Å². The average molecular weight is 366 g/mol. The van der Waals surface area contributed by atoms with E-state index in [9.17, 15) is 9.59 Å². The maximum Gasteiger partial charge on any atom is 0.265 e. The zero-order valence-electron chi connectivity index (χ0n) is 15.0. The third-order valence-electron chi connectivity index (χ3n) is 4.95. The van der Waals surface area contributed by atoms with Crippen LogP contribution >= 0.6 is 0 Å². The van der Waals surface area contributed by atoms with Crippen LogP contribution in [0, 0.1) is 0 Å². The van der Waals surface area contributed by atoms with E-state index in [1.807, 2.05) is 59.5 Å². The summed E-state index contributed by atoms with van der Waals surface area (Å²) in [5, 5.41) is 0. The minimum atomic E-state index is -0.120. The summed E-state index contributed by atoms with van der Waals surface area (Å²) in [6, 6.07) is 17.4. The highest BCUT2D eigenvalue weighted by Crippen LogP contribution is 2.31. The van der Waals surface area contributed by atoms with E-state index in [4.69, 9.17) is 9.47 Å². The van der Waals surface area contributed by atoms with Gasteiger partial charge < -0.3 is 19.3 Å². The quantitative estimate of drug-likeness (QED) is 0.834. The lowest BCUT2D eigenvalue weighted by Gasteiger charge is -2.34. The molecule has 2 aliphatic rings. The molecule has 2 aromatic rings. The van der Waals surface area contributed by atoms with Crippen molar-refractivity contribution < 1.29 is 19.1 Å². The van der Waals surface area contributed by atoms with Crippen molar-refractivity contribution >= 4 is 17.5 Å². The van der Waals surface area contributed by atoms with E-state index >= 15 is 0 Å². The van der Waals surface area contributed by atoms with Crippen molar-refractivity contribution in [1.82, 2.24) is 4.90 Å². The molecular weight excluding hydrogens is 344 g/mol. The smallest absolute Gasteiger partial charge is 0.265 e. The van der Waals surface area contributed by atoms with Gasteiger partial charge in [-0.25, -0.2) is 0 Å². The van der Waals surface area contributed by atoms with Crippen LogP contribution < -0.4 is 9.64 Å². The van der Waals surface area contributed by atoms with Crippen LogP contribution in [0.5, 0.6) is 5.75 Å². The van der Waals surface area contributed by atoms with Gasteiger partial charge in [0.15, 0.2) is 6.61 Å². The van der Waals surface area contributed by atoms with Crippen molar-refractivity contribution in [3.8, 4) is 5.75 Å². The van der Waals surface area contributed by atoms with Crippen LogP contribution in [0.25, 0.3) is 0 Å². The van der Waals surface area contributed by atoms with Crippen molar-refractivity contribution in [3.05, 3.63) is 60.2 Å². The number of ether oxygens (including phenoxy) is 2. The third-order valence-corrected chi connectivity index (χ3v) is 4.95. The predicted molar refractivity (Wildman–Crippen MR) is 101 cm³/mol. The Morgan fingerprint density at radius 2 is 1.85 bits per heavy atom. The lowest BCUT2D eigenvalue weighted by molar-refractivity contribution is -0.138. The molecule has 0 radical (unpaired) electrons. The average Bonchev–Trinajstić information content (AvgIpc) is 2.73. The van der Waals surface area contributed by atoms with Crippen LogP contribution in [0.2, 0.25) is 0 Å². The Balaban J connectivity index is 1.39. The molecule has 0 bridgehead atoms. The number of hydrogen-bond acceptors (Lipinski definition) is 4. The number of hydrogen-bond donors (Lipinski definition) is 0. The van der Waals surface area contributed by atoms with Crippen LogP contribution in [0.15, 0.2) is 54.6 Å². The summed E-state index contributed by atoms with van der Waals surface area (Å²) in [7, 11) is 0. The van der Waals surface area contributed by atoms with Crippen molar-refractivity contribution in [1.29, 1.82) is 0 Å². The second-order valence-corrected chi connectivity index (χ2v) is 6.66. The summed E-state index contributed by atoms with van der Waals surface area (Å²) < 4.78 is 11.3. The number of carbonyl (C=O) groups excluding carboxylic acids is 2. The highest BCUT2D eigenvalue weighted by atomic mass is 16.5. The Bertz CT molecular complexity index is 824. The molecule has 6 nitrogen and oxygen atoms in total. The highest BCUT2D eigenvalue weighted by Gasteiger charge is 2.28. The summed E-state index contributed by atoms with van der Waals surface area (Å²) in [6.45, 7) is 2.00. The van der Waals surface area contributed by atoms with E-state index in [-0.39, 0.29) is 30.9 Å². The van der Waals surface area contributed by atoms with Gasteiger partial charge >= 0.3 is 0 Å². The normalized spacial score (nSPS) is 19.4. The molecule has 0 saturated carbocycles. The van der Waals surface area contributed by atoms with E-state index < -0.39 is 0 Å². The minimum Gasteiger partial charge on any atom is -0.482 e. The molecule has 1 atom stereocenters. The summed E-state index contributed by atoms with van der Waals surface area (Å²) in [5.41, 5.74) is 1.80. The highest BCUT2D eigenvalue weighted by molar-refractivity contribution is 5.98. The number of anilines is 1. The van der Waals surface area contributed by atoms with Crippen LogP contribution in [-0.2, 0) is 14.3 Å². The van der Waals surface area contributed by atoms with Crippen molar-refractivity contribution in [3.63, 3.8) is 0 Å². The summed E-state index contributed by atoms with van der Waals surface area (Å²) in [5.74, 6) is 0.599. The molecule has 0 N–H and O–H groups in total. The number of morpholine rings is 1. The number of fused-ring (bicyclic) bond motifs is 1. The predicted octanol–water partition coefficient (Wildman–Crippen LogP) is 2.40. The third kappa shape index (κ3) is 3.80. The van der Waals surface area contributed by atoms with E-state index in [0.29, 0.717) is 32.0 Å². The first-order valence-corrected chi connectivity index (χ1v) is 9.19. The van der Waals surface area contributed by atoms with Gasteiger partial charge in [0.2, 0.25) is 5.91 Å². The standard InChI is InChI=1S/C21H22N2O4/c24-20(22-12-13-26-19(14-22)16-6-2-1-3-7-16)10-11-23-17-8-4-5-9-18(17)27-15-21(23)25/h1-9,19H,10-15H2/t19-/m1/s1. The lowest BCUT2D eigenvalue weighted by atomic mass is 10.1. The molecule has 2 heterocycles. The molecule has 2 aliphatic heterocycles. The van der Waals surface area contributed by atoms with Gasteiger partial charge in [0.25, 0.3) is 5.91 Å². The van der Waals surface area contributed by atoms with Crippen LogP contribution in [0.4, 0.5) is 5.69 Å². The zero-order valence-corrected chi connectivity index (χ0v) is 15.0. The maximum absolute atomic E-state index is 12.7. The number of rotatable bonds is 4. The second-order valence-electron chi connectivity index (χ2n) is 6.66. The van der Waals surface area contributed by atoms with E-state index in [0.717, 1.165) is 11.3 Å². The number of nitrogens with zero attached hydrogens (tertiary/aromatic N) is 2. The molecule has 0 unspecified atom stereocenters. The van der Waals surface area contributed by atoms with Gasteiger partial charge in [-0.05, 0) is 17.7 Å². The Labute approximate surface area is 158 Å². The van der Waals surface area contributed by atoms with E-state index in [1.54, 1.807) is 4.90 Å². The molecule has 4 rings (SSSR count). The number of para-hydroxylation sites is 2. The monoisotopic (exact) mass is 366 g/mol. The molecule has 2 amide bonds. The Kier molecular flexibility index (Phi) is 5.07. The summed E-state index contributed by atoms with van der Waals surface area (Å²) in [6.07, 6.45) is 0.177. The van der Waals surface area contributed by atoms with Crippen molar-refractivity contribution in [2.75, 3.05) is 37.7 Å². The van der Waals surface area contributed by atoms with Gasteiger partial charge in [-0.3, -0.25) is 9.59 Å². The minimum absolute atomic E-state index is 0.0127. The fraction of sp³-hybridized carbons (Fsp3) is 0.333. The number of amides is 2. The molecule has 0 aromatic heterocycles. The first-order valence-electron chi connectivity index (χ1n) is 9.19. The zero-order chi connectivity index (χ0) is 18.6. The maximum atomic E-state index is 12.7. The summed E-state index contributed by atoms with van der Waals surface area (Å²) >= 11 is 0. The second kappa shape index (κ2) is 7.80. The fourth-order valence-corrected chi connectivity index (χ4v) is 3.51. The van der Waals surface area contributed by atoms with Crippen LogP contribution in [0.1, 0.15) is 18.1 Å². The molecule has 27 heavy (non-hydrogen) atoms. The van der Waals surface area contributed by atoms with Gasteiger partial charge in [0.1, 0.15) is 11.9 Å². The lowest BCUT2D eigenvalue weighted by Crippen LogP contribution is -2.45. The van der Waals surface area contributed by atoms with Crippen LogP contribution in [0.3, 0.4) is 0 Å². The molecule has 6 heteroatoms. The largest absolute Gasteiger partial charge is 0.482 e. The molecule has 2 aromatic carbocycles. The first-order chi connectivity index (χ1) is 13.2. The van der Waals surface area contributed by atoms with Gasteiger partial charge in [-0.1, -0.05) is 42.5 Å². The molecule has 140 valence electrons. The Morgan fingerprint density at radius 1 is 1.07 bits per heavy atom. The van der Waals surface area contributed by atoms with Gasteiger partial charge in [0.05, 0.1) is 18.8 Å². The molecule has 1 fully saturated rings. The number of carbonyl (C=O) groups is 2. The SMILES string of the molecule is O=C(CCN1C(=O)COc2ccccc21)N1CCO[C@@H](c2ccccc2)C1. The first kappa shape index (κ1) is 17.5. The summed E-state index contributed by atoms with van der Waals surface area (Å²) in [4.78, 5) is 28.5. The van der Waals surface area contributed by atoms with Crippen molar-refractivity contribution in [2.24, 2.45) is 0 Å². The Hall–Kier alpha value is -2.86. The molecule has 0 spiro atoms. The van der Waals surface area contributed by atoms with E-state index in [1.165, 1.54) is 0 Å². The van der Waals surface area contributed by atoms with Crippen molar-refractivity contribution in [2.45, 2.75) is 12.5 Å².